The van der Waals surface area contributed by atoms with Crippen LogP contribution in [0.2, 0.25) is 0 Å². The minimum Gasteiger partial charge on any atom is -0.368 e. The molecule has 0 unspecified atom stereocenters. The zero-order valence-corrected chi connectivity index (χ0v) is 17.4. The van der Waals surface area contributed by atoms with Gasteiger partial charge in [-0.1, -0.05) is 25.5 Å². The largest absolute Gasteiger partial charge is 0.368 e. The van der Waals surface area contributed by atoms with Crippen molar-refractivity contribution in [3.63, 3.8) is 0 Å². The molecule has 0 atom stereocenters. The van der Waals surface area contributed by atoms with E-state index in [2.05, 4.69) is 27.4 Å². The molecule has 0 bridgehead atoms. The van der Waals surface area contributed by atoms with Gasteiger partial charge in [0.15, 0.2) is 5.96 Å². The quantitative estimate of drug-likeness (QED) is 0.309. The van der Waals surface area contributed by atoms with Crippen molar-refractivity contribution in [1.82, 2.24) is 15.5 Å². The topological polar surface area (TPSA) is 99.8 Å². The smallest absolute Gasteiger partial charge is 0.251 e. The number of halogens is 1. The highest BCUT2D eigenvalue weighted by Gasteiger charge is 2.07. The number of aliphatic imine (C=N–C) groups is 1. The van der Waals surface area contributed by atoms with Gasteiger partial charge in [0.2, 0.25) is 5.91 Å². The molecule has 0 saturated carbocycles. The van der Waals surface area contributed by atoms with Crippen LogP contribution in [0, 0.1) is 0 Å². The monoisotopic (exact) mass is 461 g/mol. The zero-order valence-electron chi connectivity index (χ0n) is 15.0. The lowest BCUT2D eigenvalue weighted by Gasteiger charge is -2.21. The van der Waals surface area contributed by atoms with Crippen molar-refractivity contribution in [3.05, 3.63) is 35.4 Å². The van der Waals surface area contributed by atoms with Crippen LogP contribution in [0.4, 0.5) is 0 Å². The summed E-state index contributed by atoms with van der Waals surface area (Å²) in [4.78, 5) is 28.8. The molecule has 1 rings (SSSR count). The van der Waals surface area contributed by atoms with E-state index in [1.54, 1.807) is 19.2 Å². The molecule has 0 saturated heterocycles. The number of rotatable bonds is 8. The van der Waals surface area contributed by atoms with E-state index in [1.165, 1.54) is 0 Å². The number of hydrogen-bond acceptors (Lipinski definition) is 3. The van der Waals surface area contributed by atoms with Crippen molar-refractivity contribution in [2.45, 2.75) is 26.3 Å². The molecule has 7 nitrogen and oxygen atoms in total. The molecule has 1 aromatic rings. The molecular formula is C17H28IN5O2. The van der Waals surface area contributed by atoms with Crippen LogP contribution in [-0.2, 0) is 11.3 Å². The Bertz CT molecular complexity index is 575. The summed E-state index contributed by atoms with van der Waals surface area (Å²) < 4.78 is 0. The molecule has 0 aliphatic rings. The van der Waals surface area contributed by atoms with Gasteiger partial charge in [-0.15, -0.1) is 24.0 Å². The minimum atomic E-state index is -0.567. The van der Waals surface area contributed by atoms with Crippen molar-refractivity contribution >= 4 is 41.8 Å². The zero-order chi connectivity index (χ0) is 17.9. The molecule has 0 fully saturated rings. The molecule has 25 heavy (non-hydrogen) atoms. The first-order valence-corrected chi connectivity index (χ1v) is 8.05. The predicted molar refractivity (Wildman–Crippen MR) is 111 cm³/mol. The van der Waals surface area contributed by atoms with Crippen molar-refractivity contribution in [3.8, 4) is 0 Å². The van der Waals surface area contributed by atoms with Crippen LogP contribution < -0.4 is 16.4 Å². The predicted octanol–water partition coefficient (Wildman–Crippen LogP) is 1.33. The van der Waals surface area contributed by atoms with Gasteiger partial charge >= 0.3 is 0 Å². The van der Waals surface area contributed by atoms with Gasteiger partial charge in [-0.25, -0.2) is 0 Å². The second-order valence-corrected chi connectivity index (χ2v) is 5.52. The number of unbranched alkanes of at least 4 members (excludes halogenated alkanes) is 1. The molecule has 0 radical (unpaired) electrons. The van der Waals surface area contributed by atoms with E-state index < -0.39 is 5.91 Å². The third-order valence-electron chi connectivity index (χ3n) is 3.51. The SMILES string of the molecule is CCCCN(C)C(=NC)NCc1ccc(C(=O)NCC(N)=O)cc1.I. The number of guanidine groups is 1. The lowest BCUT2D eigenvalue weighted by atomic mass is 10.1. The maximum Gasteiger partial charge on any atom is 0.251 e. The normalized spacial score (nSPS) is 10.6. The van der Waals surface area contributed by atoms with Crippen molar-refractivity contribution in [2.75, 3.05) is 27.2 Å². The summed E-state index contributed by atoms with van der Waals surface area (Å²) in [7, 11) is 3.77. The molecule has 4 N–H and O–H groups in total. The minimum absolute atomic E-state index is 0. The molecule has 0 heterocycles. The van der Waals surface area contributed by atoms with Gasteiger partial charge in [-0.2, -0.15) is 0 Å². The van der Waals surface area contributed by atoms with Crippen molar-refractivity contribution in [2.24, 2.45) is 10.7 Å². The van der Waals surface area contributed by atoms with E-state index in [4.69, 9.17) is 5.73 Å². The van der Waals surface area contributed by atoms with Gasteiger partial charge in [-0.3, -0.25) is 14.6 Å². The molecule has 140 valence electrons. The number of hydrogen-bond donors (Lipinski definition) is 3. The van der Waals surface area contributed by atoms with Gasteiger partial charge in [0.1, 0.15) is 0 Å². The lowest BCUT2D eigenvalue weighted by molar-refractivity contribution is -0.117. The van der Waals surface area contributed by atoms with E-state index in [9.17, 15) is 9.59 Å². The molecule has 0 aliphatic heterocycles. The number of benzene rings is 1. The van der Waals surface area contributed by atoms with Gasteiger partial charge in [0.05, 0.1) is 6.54 Å². The highest BCUT2D eigenvalue weighted by Crippen LogP contribution is 2.05. The van der Waals surface area contributed by atoms with Crippen LogP contribution in [0.1, 0.15) is 35.7 Å². The van der Waals surface area contributed by atoms with E-state index in [0.717, 1.165) is 30.9 Å². The number of nitrogens with zero attached hydrogens (tertiary/aromatic N) is 2. The van der Waals surface area contributed by atoms with E-state index in [0.29, 0.717) is 12.1 Å². The summed E-state index contributed by atoms with van der Waals surface area (Å²) >= 11 is 0. The second-order valence-electron chi connectivity index (χ2n) is 5.52. The van der Waals surface area contributed by atoms with Crippen LogP contribution in [-0.4, -0.2) is 49.9 Å². The number of carbonyl (C=O) groups is 2. The van der Waals surface area contributed by atoms with E-state index in [1.807, 2.05) is 19.2 Å². The summed E-state index contributed by atoms with van der Waals surface area (Å²) in [5, 5.41) is 5.75. The van der Waals surface area contributed by atoms with Crippen LogP contribution >= 0.6 is 24.0 Å². The third-order valence-corrected chi connectivity index (χ3v) is 3.51. The van der Waals surface area contributed by atoms with E-state index in [-0.39, 0.29) is 36.4 Å². The van der Waals surface area contributed by atoms with Crippen LogP contribution in [0.5, 0.6) is 0 Å². The number of nitrogens with one attached hydrogen (secondary N) is 2. The van der Waals surface area contributed by atoms with Crippen LogP contribution in [0.3, 0.4) is 0 Å². The first-order chi connectivity index (χ1) is 11.5. The Morgan fingerprint density at radius 1 is 1.20 bits per heavy atom. The maximum atomic E-state index is 11.8. The Hall–Kier alpha value is -1.84. The molecule has 0 spiro atoms. The van der Waals surface area contributed by atoms with Crippen LogP contribution in [0.15, 0.2) is 29.3 Å². The molecular weight excluding hydrogens is 433 g/mol. The van der Waals surface area contributed by atoms with Crippen molar-refractivity contribution in [1.29, 1.82) is 0 Å². The van der Waals surface area contributed by atoms with Gasteiger partial charge in [0.25, 0.3) is 5.91 Å². The molecule has 1 aromatic carbocycles. The second kappa shape index (κ2) is 12.5. The Kier molecular flexibility index (Phi) is 11.6. The van der Waals surface area contributed by atoms with E-state index >= 15 is 0 Å². The fourth-order valence-corrected chi connectivity index (χ4v) is 2.11. The number of primary amides is 1. The number of amides is 2. The number of carbonyl (C=O) groups excluding carboxylic acids is 2. The standard InChI is InChI=1S/C17H27N5O2.HI/c1-4-5-10-22(3)17(19-2)21-11-13-6-8-14(9-7-13)16(24)20-12-15(18)23;/h6-9H,4-5,10-12H2,1-3H3,(H2,18,23)(H,19,21)(H,20,24);1H. The Labute approximate surface area is 166 Å². The summed E-state index contributed by atoms with van der Waals surface area (Å²) in [5.74, 6) is -0.0436. The van der Waals surface area contributed by atoms with Gasteiger partial charge in [0, 0.05) is 32.7 Å². The fourth-order valence-electron chi connectivity index (χ4n) is 2.11. The highest BCUT2D eigenvalue weighted by molar-refractivity contribution is 14.0. The van der Waals surface area contributed by atoms with Crippen molar-refractivity contribution < 1.29 is 9.59 Å². The average molecular weight is 461 g/mol. The Morgan fingerprint density at radius 3 is 2.36 bits per heavy atom. The summed E-state index contributed by atoms with van der Waals surface area (Å²) in [5.41, 5.74) is 6.53. The first kappa shape index (κ1) is 23.2. The molecule has 0 aliphatic carbocycles. The summed E-state index contributed by atoms with van der Waals surface area (Å²) in [6.07, 6.45) is 2.26. The Morgan fingerprint density at radius 2 is 1.84 bits per heavy atom. The van der Waals surface area contributed by atoms with Gasteiger partial charge < -0.3 is 21.3 Å². The first-order valence-electron chi connectivity index (χ1n) is 8.05. The molecule has 0 aromatic heterocycles. The van der Waals surface area contributed by atoms with Crippen LogP contribution in [0.25, 0.3) is 0 Å². The fraction of sp³-hybridized carbons (Fsp3) is 0.471. The van der Waals surface area contributed by atoms with Gasteiger partial charge in [-0.05, 0) is 24.1 Å². The highest BCUT2D eigenvalue weighted by atomic mass is 127. The maximum absolute atomic E-state index is 11.8. The third kappa shape index (κ3) is 8.71. The molecule has 8 heteroatoms. The lowest BCUT2D eigenvalue weighted by Crippen LogP contribution is -2.39. The summed E-state index contributed by atoms with van der Waals surface area (Å²) in [6, 6.07) is 7.17. The summed E-state index contributed by atoms with van der Waals surface area (Å²) in [6.45, 7) is 3.56. The molecule has 2 amide bonds. The number of nitrogens with two attached hydrogens (primary N) is 1. The Balaban J connectivity index is 0.00000576. The average Bonchev–Trinajstić information content (AvgIpc) is 2.58.